The average Bonchev–Trinajstić information content (AvgIpc) is 2.22. The Labute approximate surface area is 105 Å². The number of nitrogens with zero attached hydrogens (tertiary/aromatic N) is 1. The van der Waals surface area contributed by atoms with Crippen LogP contribution in [0.15, 0.2) is 18.2 Å². The highest BCUT2D eigenvalue weighted by Crippen LogP contribution is 2.26. The molecule has 1 atom stereocenters. The molecule has 0 aliphatic carbocycles. The van der Waals surface area contributed by atoms with Gasteiger partial charge in [0.05, 0.1) is 0 Å². The van der Waals surface area contributed by atoms with E-state index in [-0.39, 0.29) is 0 Å². The molecule has 1 heterocycles. The van der Waals surface area contributed by atoms with Crippen LogP contribution in [-0.2, 0) is 0 Å². The first kappa shape index (κ1) is 12.6. The summed E-state index contributed by atoms with van der Waals surface area (Å²) in [5.74, 6) is 0. The van der Waals surface area contributed by atoms with Crippen molar-refractivity contribution in [3.63, 3.8) is 0 Å². The van der Waals surface area contributed by atoms with Crippen molar-refractivity contribution in [1.82, 2.24) is 10.2 Å². The van der Waals surface area contributed by atoms with Crippen LogP contribution < -0.4 is 5.32 Å². The van der Waals surface area contributed by atoms with E-state index in [1.165, 1.54) is 16.7 Å². The molecule has 2 heteroatoms. The normalized spacial score (nSPS) is 18.2. The van der Waals surface area contributed by atoms with Crippen LogP contribution in [0.25, 0.3) is 0 Å². The van der Waals surface area contributed by atoms with Crippen LogP contribution >= 0.6 is 0 Å². The quantitative estimate of drug-likeness (QED) is 0.858. The zero-order valence-corrected chi connectivity index (χ0v) is 11.5. The second-order valence-corrected chi connectivity index (χ2v) is 5.18. The van der Waals surface area contributed by atoms with Gasteiger partial charge in [0.25, 0.3) is 0 Å². The molecule has 94 valence electrons. The second-order valence-electron chi connectivity index (χ2n) is 5.18. The summed E-state index contributed by atoms with van der Waals surface area (Å²) in [5, 5.41) is 3.36. The number of rotatable bonds is 4. The third-order valence-electron chi connectivity index (χ3n) is 3.97. The Bertz CT molecular complexity index is 383. The van der Waals surface area contributed by atoms with Gasteiger partial charge in [0.2, 0.25) is 0 Å². The van der Waals surface area contributed by atoms with Crippen LogP contribution in [0.1, 0.15) is 36.6 Å². The van der Waals surface area contributed by atoms with Gasteiger partial charge in [0, 0.05) is 25.2 Å². The zero-order valence-electron chi connectivity index (χ0n) is 11.5. The van der Waals surface area contributed by atoms with Crippen molar-refractivity contribution >= 4 is 0 Å². The van der Waals surface area contributed by atoms with Crippen molar-refractivity contribution in [2.75, 3.05) is 19.6 Å². The SMILES string of the molecule is CCN(C1CNC1)C(C)c1ccc(C)cc1C. The Hall–Kier alpha value is -0.860. The van der Waals surface area contributed by atoms with Gasteiger partial charge < -0.3 is 5.32 Å². The maximum absolute atomic E-state index is 3.36. The van der Waals surface area contributed by atoms with Crippen molar-refractivity contribution in [2.24, 2.45) is 0 Å². The first-order valence-corrected chi connectivity index (χ1v) is 6.67. The topological polar surface area (TPSA) is 15.3 Å². The largest absolute Gasteiger partial charge is 0.314 e. The van der Waals surface area contributed by atoms with Crippen LogP contribution in [0.4, 0.5) is 0 Å². The summed E-state index contributed by atoms with van der Waals surface area (Å²) >= 11 is 0. The molecule has 1 aromatic rings. The number of likely N-dealkylation sites (N-methyl/N-ethyl adjacent to an activating group) is 1. The van der Waals surface area contributed by atoms with Crippen LogP contribution in [0.2, 0.25) is 0 Å². The minimum atomic E-state index is 0.521. The predicted molar refractivity (Wildman–Crippen MR) is 73.4 cm³/mol. The van der Waals surface area contributed by atoms with Crippen LogP contribution in [0, 0.1) is 13.8 Å². The van der Waals surface area contributed by atoms with Crippen LogP contribution in [0.5, 0.6) is 0 Å². The summed E-state index contributed by atoms with van der Waals surface area (Å²) < 4.78 is 0. The van der Waals surface area contributed by atoms with E-state index in [0.717, 1.165) is 25.7 Å². The monoisotopic (exact) mass is 232 g/mol. The molecule has 1 aliphatic heterocycles. The van der Waals surface area contributed by atoms with Gasteiger partial charge in [-0.2, -0.15) is 0 Å². The molecule has 0 spiro atoms. The molecule has 1 aromatic carbocycles. The number of nitrogens with one attached hydrogen (secondary N) is 1. The molecule has 0 aromatic heterocycles. The van der Waals surface area contributed by atoms with Crippen molar-refractivity contribution in [3.8, 4) is 0 Å². The van der Waals surface area contributed by atoms with Crippen LogP contribution in [0.3, 0.4) is 0 Å². The Morgan fingerprint density at radius 2 is 2.06 bits per heavy atom. The van der Waals surface area contributed by atoms with Crippen molar-refractivity contribution in [2.45, 2.75) is 39.8 Å². The second kappa shape index (κ2) is 5.19. The highest BCUT2D eigenvalue weighted by Gasteiger charge is 2.28. The molecule has 0 amide bonds. The fourth-order valence-corrected chi connectivity index (χ4v) is 2.83. The molecule has 2 rings (SSSR count). The lowest BCUT2D eigenvalue weighted by Gasteiger charge is -2.41. The van der Waals surface area contributed by atoms with Gasteiger partial charge >= 0.3 is 0 Å². The standard InChI is InChI=1S/C15H24N2/c1-5-17(14-9-16-10-14)13(4)15-7-6-11(2)8-12(15)3/h6-8,13-14,16H,5,9-10H2,1-4H3. The van der Waals surface area contributed by atoms with Gasteiger partial charge in [0.1, 0.15) is 0 Å². The maximum Gasteiger partial charge on any atom is 0.0351 e. The van der Waals surface area contributed by atoms with Gasteiger partial charge in [-0.15, -0.1) is 0 Å². The maximum atomic E-state index is 3.36. The Morgan fingerprint density at radius 3 is 2.53 bits per heavy atom. The molecule has 1 saturated heterocycles. The summed E-state index contributed by atoms with van der Waals surface area (Å²) in [6.45, 7) is 12.4. The predicted octanol–water partition coefficient (Wildman–Crippen LogP) is 2.66. The summed E-state index contributed by atoms with van der Waals surface area (Å²) in [4.78, 5) is 2.61. The third-order valence-corrected chi connectivity index (χ3v) is 3.97. The lowest BCUT2D eigenvalue weighted by Crippen LogP contribution is -2.57. The molecule has 0 radical (unpaired) electrons. The van der Waals surface area contributed by atoms with Gasteiger partial charge in [-0.3, -0.25) is 4.90 Å². The zero-order chi connectivity index (χ0) is 12.4. The number of benzene rings is 1. The molecule has 17 heavy (non-hydrogen) atoms. The lowest BCUT2D eigenvalue weighted by atomic mass is 9.97. The Kier molecular flexibility index (Phi) is 3.85. The van der Waals surface area contributed by atoms with Crippen LogP contribution in [-0.4, -0.2) is 30.6 Å². The molecule has 2 nitrogen and oxygen atoms in total. The summed E-state index contributed by atoms with van der Waals surface area (Å²) in [6.07, 6.45) is 0. The molecular weight excluding hydrogens is 208 g/mol. The number of hydrogen-bond acceptors (Lipinski definition) is 2. The van der Waals surface area contributed by atoms with E-state index in [4.69, 9.17) is 0 Å². The smallest absolute Gasteiger partial charge is 0.0351 e. The summed E-state index contributed by atoms with van der Waals surface area (Å²) in [7, 11) is 0. The fraction of sp³-hybridized carbons (Fsp3) is 0.600. The molecular formula is C15H24N2. The van der Waals surface area contributed by atoms with Gasteiger partial charge in [0.15, 0.2) is 0 Å². The third kappa shape index (κ3) is 2.53. The number of aryl methyl sites for hydroxylation is 2. The molecule has 1 unspecified atom stereocenters. The van der Waals surface area contributed by atoms with Crippen molar-refractivity contribution in [1.29, 1.82) is 0 Å². The van der Waals surface area contributed by atoms with E-state index in [1.807, 2.05) is 0 Å². The van der Waals surface area contributed by atoms with E-state index in [0.29, 0.717) is 6.04 Å². The Morgan fingerprint density at radius 1 is 1.35 bits per heavy atom. The fourth-order valence-electron chi connectivity index (χ4n) is 2.83. The number of hydrogen-bond donors (Lipinski definition) is 1. The van der Waals surface area contributed by atoms with E-state index < -0.39 is 0 Å². The summed E-state index contributed by atoms with van der Waals surface area (Å²) in [6, 6.07) is 8.05. The lowest BCUT2D eigenvalue weighted by molar-refractivity contribution is 0.109. The minimum absolute atomic E-state index is 0.521. The molecule has 1 N–H and O–H groups in total. The minimum Gasteiger partial charge on any atom is -0.314 e. The summed E-state index contributed by atoms with van der Waals surface area (Å²) in [5.41, 5.74) is 4.25. The van der Waals surface area contributed by atoms with E-state index in [9.17, 15) is 0 Å². The molecule has 1 aliphatic rings. The Balaban J connectivity index is 2.19. The van der Waals surface area contributed by atoms with E-state index >= 15 is 0 Å². The molecule has 0 saturated carbocycles. The first-order chi connectivity index (χ1) is 8.13. The highest BCUT2D eigenvalue weighted by molar-refractivity contribution is 5.32. The highest BCUT2D eigenvalue weighted by atomic mass is 15.2. The molecule has 0 bridgehead atoms. The van der Waals surface area contributed by atoms with Gasteiger partial charge in [-0.1, -0.05) is 30.7 Å². The van der Waals surface area contributed by atoms with Gasteiger partial charge in [-0.25, -0.2) is 0 Å². The van der Waals surface area contributed by atoms with Crippen molar-refractivity contribution < 1.29 is 0 Å². The molecule has 1 fully saturated rings. The van der Waals surface area contributed by atoms with E-state index in [2.05, 4.69) is 56.1 Å². The van der Waals surface area contributed by atoms with E-state index in [1.54, 1.807) is 0 Å². The average molecular weight is 232 g/mol. The van der Waals surface area contributed by atoms with Gasteiger partial charge in [-0.05, 0) is 38.4 Å². The van der Waals surface area contributed by atoms with Crippen molar-refractivity contribution in [3.05, 3.63) is 34.9 Å². The first-order valence-electron chi connectivity index (χ1n) is 6.67.